The first-order valence-electron chi connectivity index (χ1n) is 8.52. The Kier molecular flexibility index (Phi) is 15.2. The molecular weight excluding hydrogens is 867 g/mol. The second-order valence-electron chi connectivity index (χ2n) is 6.54. The van der Waals surface area contributed by atoms with Crippen molar-refractivity contribution in [3.63, 3.8) is 0 Å². The van der Waals surface area contributed by atoms with Gasteiger partial charge in [0.05, 0.1) is 7.16 Å². The van der Waals surface area contributed by atoms with Crippen LogP contribution in [-0.4, -0.2) is 23.7 Å². The molecule has 0 unspecified atom stereocenters. The number of hydrogen-bond acceptors (Lipinski definition) is 4. The molecule has 0 spiro atoms. The Labute approximate surface area is 237 Å². The molecule has 0 atom stereocenters. The van der Waals surface area contributed by atoms with E-state index < -0.39 is 0 Å². The third-order valence-corrected chi connectivity index (χ3v) is 6.07. The molecule has 0 saturated heterocycles. The Balaban J connectivity index is 0.000000523. The standard InChI is InChI=1S/2C10H11I2NO.Co/c2*1-6(2)13-5-7-3-8(11)4-9(12)10(7)14;/h2*3-6,13H,1-2H3;. The van der Waals surface area contributed by atoms with Crippen LogP contribution >= 0.6 is 90.4 Å². The number of allylic oxidation sites excluding steroid dienone is 10. The number of halogens is 4. The van der Waals surface area contributed by atoms with E-state index in [2.05, 4.69) is 101 Å². The second-order valence-corrected chi connectivity index (χ2v) is 11.4. The van der Waals surface area contributed by atoms with Crippen LogP contribution in [0.4, 0.5) is 0 Å². The first-order valence-corrected chi connectivity index (χ1v) is 12.8. The van der Waals surface area contributed by atoms with Crippen LogP contribution in [0.3, 0.4) is 0 Å². The minimum atomic E-state index is 0. The largest absolute Gasteiger partial charge is 0.388 e. The summed E-state index contributed by atoms with van der Waals surface area (Å²) in [5, 5.41) is 6.25. The molecule has 0 fully saturated rings. The molecule has 2 N–H and O–H groups in total. The predicted octanol–water partition coefficient (Wildman–Crippen LogP) is 6.18. The van der Waals surface area contributed by atoms with Crippen LogP contribution in [0.2, 0.25) is 0 Å². The SMILES string of the molecule is CC(C)NC=C1C=C(I)C=C(I)C1=O.CC(C)NC=C1C=C(I)C=C(I)C1=O.[Co]. The van der Waals surface area contributed by atoms with Crippen molar-refractivity contribution in [2.75, 3.05) is 0 Å². The van der Waals surface area contributed by atoms with Gasteiger partial charge in [-0.2, -0.15) is 0 Å². The summed E-state index contributed by atoms with van der Waals surface area (Å²) in [5.74, 6) is 0.193. The van der Waals surface area contributed by atoms with Gasteiger partial charge in [0.2, 0.25) is 11.6 Å². The Morgan fingerprint density at radius 3 is 1.28 bits per heavy atom. The quantitative estimate of drug-likeness (QED) is 0.262. The van der Waals surface area contributed by atoms with Crippen molar-refractivity contribution in [3.8, 4) is 0 Å². The van der Waals surface area contributed by atoms with E-state index >= 15 is 0 Å². The van der Waals surface area contributed by atoms with Crippen LogP contribution in [-0.2, 0) is 26.4 Å². The summed E-state index contributed by atoms with van der Waals surface area (Å²) in [6, 6.07) is 0.704. The van der Waals surface area contributed by atoms with Gasteiger partial charge in [-0.05, 0) is 142 Å². The zero-order valence-electron chi connectivity index (χ0n) is 16.3. The van der Waals surface area contributed by atoms with Gasteiger partial charge in [0, 0.05) is 59.6 Å². The summed E-state index contributed by atoms with van der Waals surface area (Å²) in [6.07, 6.45) is 11.1. The van der Waals surface area contributed by atoms with Gasteiger partial charge in [0.25, 0.3) is 0 Å². The molecule has 1 radical (unpaired) electrons. The van der Waals surface area contributed by atoms with Crippen molar-refractivity contribution in [1.29, 1.82) is 0 Å². The molecule has 9 heteroatoms. The minimum Gasteiger partial charge on any atom is -0.388 e. The monoisotopic (exact) mass is 889 g/mol. The molecule has 29 heavy (non-hydrogen) atoms. The third-order valence-electron chi connectivity index (χ3n) is 3.22. The van der Waals surface area contributed by atoms with Crippen LogP contribution in [0.5, 0.6) is 0 Å². The molecule has 0 amide bonds. The molecule has 0 aromatic heterocycles. The molecule has 2 aliphatic rings. The van der Waals surface area contributed by atoms with Gasteiger partial charge in [-0.15, -0.1) is 0 Å². The Bertz CT molecular complexity index is 754. The van der Waals surface area contributed by atoms with Crippen LogP contribution in [0.15, 0.2) is 62.2 Å². The van der Waals surface area contributed by atoms with E-state index in [1.165, 1.54) is 0 Å². The number of Topliss-reactive ketones (excluding diaryl/α,β-unsaturated/α-hetero) is 2. The van der Waals surface area contributed by atoms with Crippen molar-refractivity contribution >= 4 is 102 Å². The summed E-state index contributed by atoms with van der Waals surface area (Å²) in [6.45, 7) is 8.17. The average molecular weight is 889 g/mol. The summed E-state index contributed by atoms with van der Waals surface area (Å²) >= 11 is 8.56. The van der Waals surface area contributed by atoms with E-state index in [1.807, 2.05) is 52.0 Å². The molecule has 2 rings (SSSR count). The second kappa shape index (κ2) is 14.8. The summed E-state index contributed by atoms with van der Waals surface area (Å²) in [4.78, 5) is 23.3. The van der Waals surface area contributed by atoms with Gasteiger partial charge in [-0.1, -0.05) is 0 Å². The van der Waals surface area contributed by atoms with Crippen molar-refractivity contribution in [2.24, 2.45) is 0 Å². The Morgan fingerprint density at radius 1 is 0.690 bits per heavy atom. The van der Waals surface area contributed by atoms with Crippen molar-refractivity contribution in [2.45, 2.75) is 39.8 Å². The molecule has 4 nitrogen and oxygen atoms in total. The fourth-order valence-corrected chi connectivity index (χ4v) is 5.67. The maximum Gasteiger partial charge on any atom is 0.200 e. The van der Waals surface area contributed by atoms with E-state index in [9.17, 15) is 9.59 Å². The molecule has 0 saturated carbocycles. The fourth-order valence-electron chi connectivity index (χ4n) is 1.89. The van der Waals surface area contributed by atoms with E-state index in [4.69, 9.17) is 0 Å². The van der Waals surface area contributed by atoms with Gasteiger partial charge in [-0.3, -0.25) is 9.59 Å². The van der Waals surface area contributed by atoms with Gasteiger partial charge < -0.3 is 10.6 Å². The molecule has 2 aliphatic carbocycles. The van der Waals surface area contributed by atoms with Crippen molar-refractivity contribution < 1.29 is 26.4 Å². The molecule has 0 aromatic rings. The number of hydrogen-bond donors (Lipinski definition) is 2. The number of rotatable bonds is 4. The van der Waals surface area contributed by atoms with Crippen molar-refractivity contribution in [3.05, 3.63) is 62.2 Å². The average Bonchev–Trinajstić information content (AvgIpc) is 2.59. The summed E-state index contributed by atoms with van der Waals surface area (Å²) < 4.78 is 3.71. The number of ketones is 2. The fraction of sp³-hybridized carbons (Fsp3) is 0.300. The first kappa shape index (κ1) is 29.8. The smallest absolute Gasteiger partial charge is 0.200 e. The Hall–Kier alpha value is 0.806. The zero-order valence-corrected chi connectivity index (χ0v) is 26.0. The normalized spacial score (nSPS) is 19.1. The van der Waals surface area contributed by atoms with E-state index in [0.29, 0.717) is 12.1 Å². The van der Waals surface area contributed by atoms with Crippen LogP contribution in [0.25, 0.3) is 0 Å². The summed E-state index contributed by atoms with van der Waals surface area (Å²) in [7, 11) is 0. The topological polar surface area (TPSA) is 58.2 Å². The summed E-state index contributed by atoms with van der Waals surface area (Å²) in [5.41, 5.74) is 1.46. The maximum absolute atomic E-state index is 11.7. The Morgan fingerprint density at radius 2 is 1.00 bits per heavy atom. The number of carbonyl (C=O) groups excluding carboxylic acids is 2. The first-order chi connectivity index (χ1) is 13.0. The molecule has 0 aliphatic heterocycles. The number of nitrogens with one attached hydrogen (secondary N) is 2. The molecular formula is C20H22CoI4N2O2. The molecule has 0 bridgehead atoms. The predicted molar refractivity (Wildman–Crippen MR) is 151 cm³/mol. The van der Waals surface area contributed by atoms with Gasteiger partial charge in [0.15, 0.2) is 0 Å². The maximum atomic E-state index is 11.7. The van der Waals surface area contributed by atoms with E-state index in [0.717, 1.165) is 25.5 Å². The van der Waals surface area contributed by atoms with E-state index in [-0.39, 0.29) is 28.3 Å². The third kappa shape index (κ3) is 11.3. The number of carbonyl (C=O) groups is 2. The van der Waals surface area contributed by atoms with Crippen molar-refractivity contribution in [1.82, 2.24) is 10.6 Å². The van der Waals surface area contributed by atoms with Gasteiger partial charge in [0.1, 0.15) is 0 Å². The van der Waals surface area contributed by atoms with Gasteiger partial charge >= 0.3 is 0 Å². The van der Waals surface area contributed by atoms with E-state index in [1.54, 1.807) is 12.4 Å². The minimum absolute atomic E-state index is 0. The molecule has 0 heterocycles. The van der Waals surface area contributed by atoms with Crippen LogP contribution in [0, 0.1) is 0 Å². The molecule has 161 valence electrons. The molecule has 0 aromatic carbocycles. The van der Waals surface area contributed by atoms with Crippen LogP contribution < -0.4 is 10.6 Å². The van der Waals surface area contributed by atoms with Gasteiger partial charge in [-0.25, -0.2) is 0 Å². The van der Waals surface area contributed by atoms with Crippen LogP contribution in [0.1, 0.15) is 27.7 Å². The zero-order chi connectivity index (χ0) is 21.4.